The van der Waals surface area contributed by atoms with Crippen LogP contribution in [0, 0.1) is 5.92 Å². The summed E-state index contributed by atoms with van der Waals surface area (Å²) in [6, 6.07) is 7.30. The molecule has 6 heteroatoms. The molecule has 1 heterocycles. The van der Waals surface area contributed by atoms with Crippen molar-refractivity contribution in [1.29, 1.82) is 0 Å². The summed E-state index contributed by atoms with van der Waals surface area (Å²) in [5.74, 6) is 0.765. The van der Waals surface area contributed by atoms with Gasteiger partial charge in [-0.25, -0.2) is 4.79 Å². The number of nitrogens with zero attached hydrogens (tertiary/aromatic N) is 1. The van der Waals surface area contributed by atoms with E-state index in [4.69, 9.17) is 0 Å². The number of carbonyl (C=O) groups excluding carboxylic acids is 2. The van der Waals surface area contributed by atoms with Crippen molar-refractivity contribution < 1.29 is 14.7 Å². The maximum absolute atomic E-state index is 12.1. The molecule has 3 amide bonds. The number of amides is 3. The zero-order valence-electron chi connectivity index (χ0n) is 16.7. The van der Waals surface area contributed by atoms with Crippen LogP contribution >= 0.6 is 0 Å². The second-order valence-electron chi connectivity index (χ2n) is 8.28. The summed E-state index contributed by atoms with van der Waals surface area (Å²) >= 11 is 0. The van der Waals surface area contributed by atoms with Crippen LogP contribution in [0.25, 0.3) is 0 Å². The number of hydrogen-bond donors (Lipinski definition) is 3. The van der Waals surface area contributed by atoms with E-state index in [2.05, 4.69) is 15.5 Å². The molecule has 3 rings (SSSR count). The number of imide groups is 1. The third-order valence-corrected chi connectivity index (χ3v) is 6.05. The molecule has 28 heavy (non-hydrogen) atoms. The zero-order valence-corrected chi connectivity index (χ0v) is 16.7. The van der Waals surface area contributed by atoms with Gasteiger partial charge in [-0.1, -0.05) is 31.4 Å². The number of nitrogens with one attached hydrogen (secondary N) is 2. The smallest absolute Gasteiger partial charge is 0.321 e. The number of aryl methyl sites for hydroxylation is 1. The van der Waals surface area contributed by atoms with Crippen LogP contribution in [0.2, 0.25) is 0 Å². The summed E-state index contributed by atoms with van der Waals surface area (Å²) in [5, 5.41) is 14.8. The first-order chi connectivity index (χ1) is 13.6. The molecule has 1 saturated carbocycles. The number of likely N-dealkylation sites (tertiary alicyclic amines) is 1. The molecule has 2 fully saturated rings. The molecule has 1 aromatic rings. The van der Waals surface area contributed by atoms with Crippen LogP contribution in [0.15, 0.2) is 24.3 Å². The molecule has 1 saturated heterocycles. The van der Waals surface area contributed by atoms with Crippen molar-refractivity contribution in [3.8, 4) is 5.75 Å². The molecule has 0 unspecified atom stereocenters. The molecule has 0 bridgehead atoms. The molecule has 1 aliphatic carbocycles. The first-order valence-electron chi connectivity index (χ1n) is 10.7. The maximum Gasteiger partial charge on any atom is 0.321 e. The quantitative estimate of drug-likeness (QED) is 0.700. The van der Waals surface area contributed by atoms with Crippen LogP contribution in [0.3, 0.4) is 0 Å². The van der Waals surface area contributed by atoms with Gasteiger partial charge in [-0.05, 0) is 75.2 Å². The summed E-state index contributed by atoms with van der Waals surface area (Å²) in [5.41, 5.74) is 1.25. The Morgan fingerprint density at radius 2 is 1.68 bits per heavy atom. The molecule has 154 valence electrons. The van der Waals surface area contributed by atoms with Gasteiger partial charge in [0.15, 0.2) is 0 Å². The number of piperidine rings is 1. The average Bonchev–Trinajstić information content (AvgIpc) is 2.69. The van der Waals surface area contributed by atoms with Crippen LogP contribution in [0.1, 0.15) is 56.9 Å². The van der Waals surface area contributed by atoms with Crippen molar-refractivity contribution >= 4 is 11.9 Å². The van der Waals surface area contributed by atoms with Gasteiger partial charge in [0.05, 0.1) is 6.54 Å². The second-order valence-corrected chi connectivity index (χ2v) is 8.28. The van der Waals surface area contributed by atoms with Crippen molar-refractivity contribution in [2.24, 2.45) is 5.92 Å². The zero-order chi connectivity index (χ0) is 19.8. The van der Waals surface area contributed by atoms with Crippen molar-refractivity contribution in [1.82, 2.24) is 15.5 Å². The summed E-state index contributed by atoms with van der Waals surface area (Å²) in [4.78, 5) is 26.3. The molecule has 0 spiro atoms. The Labute approximate surface area is 167 Å². The SMILES string of the molecule is O=C(CN1CCC(CCc2ccc(O)cc2)CC1)NC(=O)NC1CCCCC1. The van der Waals surface area contributed by atoms with Gasteiger partial charge in [0.1, 0.15) is 5.75 Å². The van der Waals surface area contributed by atoms with Crippen LogP contribution in [0.5, 0.6) is 5.75 Å². The van der Waals surface area contributed by atoms with Crippen molar-refractivity contribution in [2.75, 3.05) is 19.6 Å². The highest BCUT2D eigenvalue weighted by molar-refractivity contribution is 5.95. The molecule has 6 nitrogen and oxygen atoms in total. The van der Waals surface area contributed by atoms with Crippen LogP contribution in [-0.2, 0) is 11.2 Å². The summed E-state index contributed by atoms with van der Waals surface area (Å²) in [7, 11) is 0. The van der Waals surface area contributed by atoms with Crippen molar-refractivity contribution in [2.45, 2.75) is 63.8 Å². The first-order valence-corrected chi connectivity index (χ1v) is 10.7. The highest BCUT2D eigenvalue weighted by atomic mass is 16.3. The van der Waals surface area contributed by atoms with Crippen molar-refractivity contribution in [3.05, 3.63) is 29.8 Å². The van der Waals surface area contributed by atoms with E-state index in [0.29, 0.717) is 18.2 Å². The van der Waals surface area contributed by atoms with E-state index in [-0.39, 0.29) is 18.0 Å². The number of benzene rings is 1. The molecular formula is C22H33N3O3. The van der Waals surface area contributed by atoms with Gasteiger partial charge in [-0.15, -0.1) is 0 Å². The third kappa shape index (κ3) is 6.82. The minimum atomic E-state index is -0.347. The lowest BCUT2D eigenvalue weighted by molar-refractivity contribution is -0.121. The number of hydrogen-bond acceptors (Lipinski definition) is 4. The van der Waals surface area contributed by atoms with Gasteiger partial charge < -0.3 is 10.4 Å². The summed E-state index contributed by atoms with van der Waals surface area (Å²) < 4.78 is 0. The highest BCUT2D eigenvalue weighted by Crippen LogP contribution is 2.23. The van der Waals surface area contributed by atoms with E-state index in [9.17, 15) is 14.7 Å². The topological polar surface area (TPSA) is 81.7 Å². The Balaban J connectivity index is 1.30. The Morgan fingerprint density at radius 3 is 2.36 bits per heavy atom. The summed E-state index contributed by atoms with van der Waals surface area (Å²) in [6.07, 6.45) is 9.89. The maximum atomic E-state index is 12.1. The third-order valence-electron chi connectivity index (χ3n) is 6.05. The first kappa shape index (κ1) is 20.6. The van der Waals surface area contributed by atoms with E-state index >= 15 is 0 Å². The van der Waals surface area contributed by atoms with E-state index in [1.165, 1.54) is 12.0 Å². The minimum Gasteiger partial charge on any atom is -0.508 e. The molecule has 2 aliphatic rings. The highest BCUT2D eigenvalue weighted by Gasteiger charge is 2.22. The van der Waals surface area contributed by atoms with E-state index < -0.39 is 0 Å². The summed E-state index contributed by atoms with van der Waals surface area (Å²) in [6.45, 7) is 2.10. The van der Waals surface area contributed by atoms with Gasteiger partial charge in [0.2, 0.25) is 5.91 Å². The van der Waals surface area contributed by atoms with Gasteiger partial charge in [-0.3, -0.25) is 15.0 Å². The predicted octanol–water partition coefficient (Wildman–Crippen LogP) is 3.20. The van der Waals surface area contributed by atoms with E-state index in [1.54, 1.807) is 12.1 Å². The van der Waals surface area contributed by atoms with E-state index in [1.807, 2.05) is 12.1 Å². The lowest BCUT2D eigenvalue weighted by Gasteiger charge is -2.31. The fraction of sp³-hybridized carbons (Fsp3) is 0.636. The number of phenols is 1. The number of phenolic OH excluding ortho intramolecular Hbond substituents is 1. The Bertz CT molecular complexity index is 633. The fourth-order valence-corrected chi connectivity index (χ4v) is 4.30. The fourth-order valence-electron chi connectivity index (χ4n) is 4.30. The van der Waals surface area contributed by atoms with Gasteiger partial charge in [0, 0.05) is 6.04 Å². The van der Waals surface area contributed by atoms with E-state index in [0.717, 1.165) is 64.5 Å². The molecule has 0 aromatic heterocycles. The predicted molar refractivity (Wildman–Crippen MR) is 109 cm³/mol. The van der Waals surface area contributed by atoms with Crippen LogP contribution in [0.4, 0.5) is 4.79 Å². The number of aromatic hydroxyl groups is 1. The molecule has 1 aromatic carbocycles. The molecule has 1 aliphatic heterocycles. The van der Waals surface area contributed by atoms with Gasteiger partial charge in [0.25, 0.3) is 0 Å². The largest absolute Gasteiger partial charge is 0.508 e. The molecular weight excluding hydrogens is 354 g/mol. The molecule has 3 N–H and O–H groups in total. The van der Waals surface area contributed by atoms with Crippen molar-refractivity contribution in [3.63, 3.8) is 0 Å². The van der Waals surface area contributed by atoms with Crippen LogP contribution < -0.4 is 10.6 Å². The number of carbonyl (C=O) groups is 2. The number of rotatable bonds is 6. The lowest BCUT2D eigenvalue weighted by Crippen LogP contribution is -2.49. The van der Waals surface area contributed by atoms with Crippen LogP contribution in [-0.4, -0.2) is 47.6 Å². The average molecular weight is 388 g/mol. The second kappa shape index (κ2) is 10.5. The lowest BCUT2D eigenvalue weighted by atomic mass is 9.90. The number of urea groups is 1. The normalized spacial score (nSPS) is 19.3. The Morgan fingerprint density at radius 1 is 1.00 bits per heavy atom. The minimum absolute atomic E-state index is 0.212. The monoisotopic (exact) mass is 387 g/mol. The molecule has 0 radical (unpaired) electrons. The Kier molecular flexibility index (Phi) is 7.71. The Hall–Kier alpha value is -2.08. The van der Waals surface area contributed by atoms with Gasteiger partial charge >= 0.3 is 6.03 Å². The van der Waals surface area contributed by atoms with Gasteiger partial charge in [-0.2, -0.15) is 0 Å². The molecule has 0 atom stereocenters. The standard InChI is InChI=1S/C22H33N3O3/c26-20-10-8-17(9-11-20)6-7-18-12-14-25(15-13-18)16-21(27)24-22(28)23-19-4-2-1-3-5-19/h8-11,18-19,26H,1-7,12-16H2,(H2,23,24,27,28).